The van der Waals surface area contributed by atoms with Gasteiger partial charge in [0.2, 0.25) is 11.8 Å². The Kier molecular flexibility index (Phi) is 6.49. The van der Waals surface area contributed by atoms with E-state index in [0.717, 1.165) is 18.4 Å². The third-order valence-corrected chi connectivity index (χ3v) is 7.71. The van der Waals surface area contributed by atoms with Crippen LogP contribution in [0.4, 0.5) is 5.69 Å². The number of rotatable bonds is 5. The Labute approximate surface area is 175 Å². The number of amides is 2. The van der Waals surface area contributed by atoms with Crippen molar-refractivity contribution in [1.29, 1.82) is 0 Å². The summed E-state index contributed by atoms with van der Waals surface area (Å²) >= 11 is 3.39. The molecule has 1 atom stereocenters. The third-order valence-electron chi connectivity index (χ3n) is 5.53. The fraction of sp³-hybridized carbons (Fsp3) is 0.600. The quantitative estimate of drug-likeness (QED) is 0.661. The van der Waals surface area contributed by atoms with Crippen molar-refractivity contribution in [2.75, 3.05) is 30.3 Å². The molecule has 0 spiro atoms. The Balaban J connectivity index is 1.82. The number of nitrogens with zero attached hydrogens (tertiary/aromatic N) is 2. The molecule has 0 saturated carbocycles. The van der Waals surface area contributed by atoms with Crippen LogP contribution >= 0.6 is 15.9 Å². The summed E-state index contributed by atoms with van der Waals surface area (Å²) in [4.78, 5) is 28.3. The van der Waals surface area contributed by atoms with Gasteiger partial charge in [-0.05, 0) is 42.9 Å². The molecular formula is C20H27BrN2O4S. The van der Waals surface area contributed by atoms with Crippen molar-refractivity contribution in [3.05, 3.63) is 22.2 Å². The minimum absolute atomic E-state index is 0.0297. The van der Waals surface area contributed by atoms with Gasteiger partial charge in [-0.1, -0.05) is 29.8 Å². The first-order chi connectivity index (χ1) is 13.2. The number of fused-ring (bicyclic) bond motifs is 1. The minimum atomic E-state index is -3.70. The summed E-state index contributed by atoms with van der Waals surface area (Å²) in [6.07, 6.45) is 2.99. The normalized spacial score (nSPS) is 19.6. The molecule has 6 nitrogen and oxygen atoms in total. The molecule has 0 bridgehead atoms. The lowest BCUT2D eigenvalue weighted by atomic mass is 10.0. The van der Waals surface area contributed by atoms with Gasteiger partial charge in [0, 0.05) is 36.9 Å². The summed E-state index contributed by atoms with van der Waals surface area (Å²) in [6.45, 7) is 5.77. The number of hydrogen-bond acceptors (Lipinski definition) is 4. The molecule has 2 aliphatic heterocycles. The van der Waals surface area contributed by atoms with Crippen molar-refractivity contribution < 1.29 is 18.0 Å². The van der Waals surface area contributed by atoms with Crippen molar-refractivity contribution in [3.8, 4) is 0 Å². The van der Waals surface area contributed by atoms with Crippen LogP contribution in [0.15, 0.2) is 21.5 Å². The van der Waals surface area contributed by atoms with Gasteiger partial charge in [-0.15, -0.1) is 0 Å². The molecule has 8 heteroatoms. The Morgan fingerprint density at radius 3 is 2.64 bits per heavy atom. The van der Waals surface area contributed by atoms with Gasteiger partial charge < -0.3 is 9.80 Å². The zero-order chi connectivity index (χ0) is 20.5. The molecule has 2 amide bonds. The van der Waals surface area contributed by atoms with Gasteiger partial charge in [0.05, 0.1) is 16.3 Å². The third kappa shape index (κ3) is 4.43. The second-order valence-corrected chi connectivity index (χ2v) is 10.7. The van der Waals surface area contributed by atoms with Crippen LogP contribution in [0.5, 0.6) is 0 Å². The zero-order valence-electron chi connectivity index (χ0n) is 16.4. The Bertz CT molecular complexity index is 884. The number of hydrogen-bond donors (Lipinski definition) is 0. The molecular weight excluding hydrogens is 444 g/mol. The first-order valence-electron chi connectivity index (χ1n) is 9.86. The number of halogens is 1. The molecule has 0 unspecified atom stereocenters. The van der Waals surface area contributed by atoms with Gasteiger partial charge in [-0.2, -0.15) is 0 Å². The maximum absolute atomic E-state index is 13.1. The summed E-state index contributed by atoms with van der Waals surface area (Å²) in [5.41, 5.74) is 1.35. The van der Waals surface area contributed by atoms with Crippen LogP contribution in [0.25, 0.3) is 0 Å². The molecule has 1 aromatic carbocycles. The van der Waals surface area contributed by atoms with Crippen molar-refractivity contribution in [2.45, 2.75) is 50.8 Å². The van der Waals surface area contributed by atoms with Crippen LogP contribution in [0.1, 0.15) is 45.1 Å². The van der Waals surface area contributed by atoms with Gasteiger partial charge in [0.1, 0.15) is 0 Å². The van der Waals surface area contributed by atoms with Crippen LogP contribution in [-0.2, 0) is 25.8 Å². The fourth-order valence-electron chi connectivity index (χ4n) is 4.05. The Morgan fingerprint density at radius 2 is 1.96 bits per heavy atom. The van der Waals surface area contributed by atoms with E-state index in [0.29, 0.717) is 48.6 Å². The summed E-state index contributed by atoms with van der Waals surface area (Å²) < 4.78 is 26.9. The molecule has 0 N–H and O–H groups in total. The lowest BCUT2D eigenvalue weighted by Gasteiger charge is -2.31. The summed E-state index contributed by atoms with van der Waals surface area (Å²) in [5.74, 6) is 0.0174. The summed E-state index contributed by atoms with van der Waals surface area (Å²) in [7, 11) is -3.70. The van der Waals surface area contributed by atoms with E-state index in [9.17, 15) is 18.0 Å². The molecule has 28 heavy (non-hydrogen) atoms. The highest BCUT2D eigenvalue weighted by molar-refractivity contribution is 9.10. The van der Waals surface area contributed by atoms with E-state index >= 15 is 0 Å². The van der Waals surface area contributed by atoms with Crippen LogP contribution in [0.2, 0.25) is 0 Å². The average Bonchev–Trinajstić information content (AvgIpc) is 3.08. The van der Waals surface area contributed by atoms with E-state index in [1.807, 2.05) is 6.07 Å². The van der Waals surface area contributed by atoms with E-state index in [2.05, 4.69) is 22.9 Å². The van der Waals surface area contributed by atoms with E-state index in [1.54, 1.807) is 22.8 Å². The number of likely N-dealkylation sites (tertiary alicyclic amines) is 1. The minimum Gasteiger partial charge on any atom is -0.342 e. The molecule has 1 fully saturated rings. The van der Waals surface area contributed by atoms with Crippen LogP contribution in [0, 0.1) is 5.92 Å². The largest absolute Gasteiger partial charge is 0.342 e. The first kappa shape index (κ1) is 21.3. The molecule has 2 aliphatic rings. The van der Waals surface area contributed by atoms with E-state index in [1.165, 1.54) is 0 Å². The highest BCUT2D eigenvalue weighted by Gasteiger charge is 2.32. The standard InChI is InChI=1S/C20H27BrN2O4S/c1-3-18(24)23-9-6-15-11-16(21)12-17(20(15)23)28(26,27)10-7-19(25)22-8-4-5-14(2)13-22/h11-12,14H,3-10,13H2,1-2H3/t14-/m1/s1. The number of benzene rings is 1. The van der Waals surface area contributed by atoms with Crippen molar-refractivity contribution in [2.24, 2.45) is 5.92 Å². The van der Waals surface area contributed by atoms with Gasteiger partial charge in [-0.3, -0.25) is 9.59 Å². The van der Waals surface area contributed by atoms with Crippen LogP contribution < -0.4 is 4.90 Å². The number of anilines is 1. The molecule has 1 aromatic rings. The van der Waals surface area contributed by atoms with E-state index < -0.39 is 9.84 Å². The molecule has 1 saturated heterocycles. The van der Waals surface area contributed by atoms with Gasteiger partial charge in [0.15, 0.2) is 9.84 Å². The van der Waals surface area contributed by atoms with Crippen molar-refractivity contribution >= 4 is 43.3 Å². The highest BCUT2D eigenvalue weighted by atomic mass is 79.9. The molecule has 3 rings (SSSR count). The average molecular weight is 471 g/mol. The van der Waals surface area contributed by atoms with Gasteiger partial charge in [-0.25, -0.2) is 8.42 Å². The fourth-order valence-corrected chi connectivity index (χ4v) is 6.21. The number of carbonyl (C=O) groups is 2. The summed E-state index contributed by atoms with van der Waals surface area (Å²) in [5, 5.41) is 0. The maximum Gasteiger partial charge on any atom is 0.226 e. The predicted molar refractivity (Wildman–Crippen MR) is 112 cm³/mol. The second-order valence-electron chi connectivity index (χ2n) is 7.72. The Morgan fingerprint density at radius 1 is 1.21 bits per heavy atom. The SMILES string of the molecule is CCC(=O)N1CCc2cc(Br)cc(S(=O)(=O)CCC(=O)N3CCC[C@@H](C)C3)c21. The zero-order valence-corrected chi connectivity index (χ0v) is 18.8. The monoisotopic (exact) mass is 470 g/mol. The summed E-state index contributed by atoms with van der Waals surface area (Å²) in [6, 6.07) is 3.43. The smallest absolute Gasteiger partial charge is 0.226 e. The molecule has 154 valence electrons. The van der Waals surface area contributed by atoms with Crippen LogP contribution in [0.3, 0.4) is 0 Å². The Hall–Kier alpha value is -1.41. The number of piperidine rings is 1. The van der Waals surface area contributed by atoms with Gasteiger partial charge in [0.25, 0.3) is 0 Å². The van der Waals surface area contributed by atoms with Crippen LogP contribution in [-0.4, -0.2) is 50.5 Å². The topological polar surface area (TPSA) is 74.8 Å². The van der Waals surface area contributed by atoms with Gasteiger partial charge >= 0.3 is 0 Å². The molecule has 2 heterocycles. The molecule has 0 radical (unpaired) electrons. The molecule has 0 aromatic heterocycles. The van der Waals surface area contributed by atoms with E-state index in [-0.39, 0.29) is 28.9 Å². The second kappa shape index (κ2) is 8.53. The van der Waals surface area contributed by atoms with E-state index in [4.69, 9.17) is 0 Å². The highest BCUT2D eigenvalue weighted by Crippen LogP contribution is 2.38. The lowest BCUT2D eigenvalue weighted by Crippen LogP contribution is -2.39. The maximum atomic E-state index is 13.1. The first-order valence-corrected chi connectivity index (χ1v) is 12.3. The molecule has 0 aliphatic carbocycles. The van der Waals surface area contributed by atoms with Crippen molar-refractivity contribution in [3.63, 3.8) is 0 Å². The van der Waals surface area contributed by atoms with Crippen molar-refractivity contribution in [1.82, 2.24) is 4.90 Å². The lowest BCUT2D eigenvalue weighted by molar-refractivity contribution is -0.132. The predicted octanol–water partition coefficient (Wildman–Crippen LogP) is 3.17. The number of sulfone groups is 1. The number of carbonyl (C=O) groups excluding carboxylic acids is 2.